The molecule has 13 heavy (non-hydrogen) atoms. The van der Waals surface area contributed by atoms with E-state index in [4.69, 9.17) is 5.41 Å². The summed E-state index contributed by atoms with van der Waals surface area (Å²) >= 11 is 0. The van der Waals surface area contributed by atoms with Gasteiger partial charge in [0.1, 0.15) is 0 Å². The fourth-order valence-electron chi connectivity index (χ4n) is 1.09. The van der Waals surface area contributed by atoms with Gasteiger partial charge in [0.25, 0.3) is 0 Å². The summed E-state index contributed by atoms with van der Waals surface area (Å²) < 4.78 is 0. The van der Waals surface area contributed by atoms with E-state index in [0.29, 0.717) is 5.92 Å². The Kier molecular flexibility index (Phi) is 5.44. The lowest BCUT2D eigenvalue weighted by Gasteiger charge is -2.10. The van der Waals surface area contributed by atoms with Crippen LogP contribution in [0.5, 0.6) is 0 Å². The molecule has 1 aliphatic rings. The summed E-state index contributed by atoms with van der Waals surface area (Å²) in [5, 5.41) is 7.37. The van der Waals surface area contributed by atoms with Crippen LogP contribution in [0.1, 0.15) is 13.3 Å². The third-order valence-corrected chi connectivity index (χ3v) is 1.70. The Balaban J connectivity index is 0.000000671. The van der Waals surface area contributed by atoms with Gasteiger partial charge in [0.2, 0.25) is 0 Å². The molecule has 0 fully saturated rings. The zero-order valence-electron chi connectivity index (χ0n) is 8.09. The van der Waals surface area contributed by atoms with E-state index in [1.165, 1.54) is 0 Å². The molecule has 0 aromatic carbocycles. The molecule has 0 radical (unpaired) electrons. The molecule has 2 nitrogen and oxygen atoms in total. The van der Waals surface area contributed by atoms with E-state index in [0.717, 1.165) is 12.0 Å². The largest absolute Gasteiger partial charge is 0.282 e. The molecule has 1 unspecified atom stereocenters. The van der Waals surface area contributed by atoms with Crippen molar-refractivity contribution < 1.29 is 0 Å². The number of hydrogen-bond acceptors (Lipinski definition) is 1. The van der Waals surface area contributed by atoms with Crippen molar-refractivity contribution in [2.75, 3.05) is 0 Å². The summed E-state index contributed by atoms with van der Waals surface area (Å²) in [7, 11) is 0. The first kappa shape index (κ1) is 11.6. The molecule has 1 atom stereocenters. The van der Waals surface area contributed by atoms with Crippen molar-refractivity contribution >= 4 is 12.6 Å². The first-order valence-corrected chi connectivity index (χ1v) is 4.18. The van der Waals surface area contributed by atoms with Gasteiger partial charge in [0.15, 0.2) is 5.84 Å². The number of rotatable bonds is 1. The third kappa shape index (κ3) is 3.65. The summed E-state index contributed by atoms with van der Waals surface area (Å²) in [6, 6.07) is 0. The molecule has 0 aromatic heterocycles. The molecule has 0 spiro atoms. The van der Waals surface area contributed by atoms with Gasteiger partial charge in [-0.3, -0.25) is 5.41 Å². The topological polar surface area (TPSA) is 36.2 Å². The minimum atomic E-state index is 0.271. The van der Waals surface area contributed by atoms with Crippen LogP contribution in [0.4, 0.5) is 0 Å². The number of allylic oxidation sites excluding steroid dienone is 2. The number of nitrogens with one attached hydrogen (secondary N) is 1. The highest BCUT2D eigenvalue weighted by Crippen LogP contribution is 2.16. The molecule has 0 heterocycles. The van der Waals surface area contributed by atoms with E-state index in [2.05, 4.69) is 43.9 Å². The molecule has 2 heteroatoms. The molecule has 0 saturated heterocycles. The first-order chi connectivity index (χ1) is 6.24. The van der Waals surface area contributed by atoms with Crippen LogP contribution in [-0.2, 0) is 0 Å². The summed E-state index contributed by atoms with van der Waals surface area (Å²) in [4.78, 5) is 3.56. The van der Waals surface area contributed by atoms with Crippen molar-refractivity contribution in [3.63, 3.8) is 0 Å². The molecular formula is C11H16N2. The lowest BCUT2D eigenvalue weighted by atomic mass is 9.97. The lowest BCUT2D eigenvalue weighted by molar-refractivity contribution is 0.733. The van der Waals surface area contributed by atoms with Crippen molar-refractivity contribution in [3.8, 4) is 0 Å². The van der Waals surface area contributed by atoms with Gasteiger partial charge in [-0.2, -0.15) is 0 Å². The second-order valence-electron chi connectivity index (χ2n) is 2.74. The zero-order chi connectivity index (χ0) is 10.3. The normalized spacial score (nSPS) is 19.5. The van der Waals surface area contributed by atoms with Crippen molar-refractivity contribution in [2.24, 2.45) is 10.9 Å². The minimum absolute atomic E-state index is 0.271. The summed E-state index contributed by atoms with van der Waals surface area (Å²) in [5.41, 5.74) is 0.888. The summed E-state index contributed by atoms with van der Waals surface area (Å²) in [6.07, 6.45) is 7.11. The average molecular weight is 176 g/mol. The lowest BCUT2D eigenvalue weighted by Crippen LogP contribution is -2.01. The second kappa shape index (κ2) is 6.12. The van der Waals surface area contributed by atoms with E-state index in [-0.39, 0.29) is 5.84 Å². The van der Waals surface area contributed by atoms with Crippen molar-refractivity contribution in [3.05, 3.63) is 37.0 Å². The molecule has 1 rings (SSSR count). The highest BCUT2D eigenvalue weighted by atomic mass is 14.8. The smallest absolute Gasteiger partial charge is 0.150 e. The van der Waals surface area contributed by atoms with Gasteiger partial charge in [-0.1, -0.05) is 25.2 Å². The predicted molar refractivity (Wildman–Crippen MR) is 59.5 cm³/mol. The van der Waals surface area contributed by atoms with Gasteiger partial charge in [-0.25, -0.2) is 4.99 Å². The van der Waals surface area contributed by atoms with E-state index in [9.17, 15) is 0 Å². The average Bonchev–Trinajstić information content (AvgIpc) is 2.20. The predicted octanol–water partition coefficient (Wildman–Crippen LogP) is 2.99. The highest BCUT2D eigenvalue weighted by molar-refractivity contribution is 6.01. The van der Waals surface area contributed by atoms with E-state index in [1.807, 2.05) is 6.08 Å². The molecule has 0 aromatic rings. The van der Waals surface area contributed by atoms with Gasteiger partial charge in [-0.15, -0.1) is 13.2 Å². The fourth-order valence-corrected chi connectivity index (χ4v) is 1.09. The van der Waals surface area contributed by atoms with Crippen molar-refractivity contribution in [1.82, 2.24) is 0 Å². The van der Waals surface area contributed by atoms with E-state index >= 15 is 0 Å². The maximum atomic E-state index is 7.37. The number of hydrogen-bond donors (Lipinski definition) is 1. The number of amidine groups is 1. The standard InChI is InChI=1S/C9H12N2.C2H4/c1-7-4-3-5-8(6-7)9(10)11-2;1-2/h3,5-7,10H,2,4H2,1H3;1-2H2. The Morgan fingerprint density at radius 2 is 2.23 bits per heavy atom. The second-order valence-corrected chi connectivity index (χ2v) is 2.74. The van der Waals surface area contributed by atoms with Gasteiger partial charge in [0, 0.05) is 5.57 Å². The number of aliphatic imine (C=N–C) groups is 1. The molecular weight excluding hydrogens is 160 g/mol. The van der Waals surface area contributed by atoms with Crippen LogP contribution in [0.3, 0.4) is 0 Å². The molecule has 1 N–H and O–H groups in total. The minimum Gasteiger partial charge on any atom is -0.282 e. The van der Waals surface area contributed by atoms with Gasteiger partial charge in [-0.05, 0) is 19.1 Å². The molecule has 0 bridgehead atoms. The van der Waals surface area contributed by atoms with Crippen molar-refractivity contribution in [1.29, 1.82) is 5.41 Å². The Morgan fingerprint density at radius 1 is 1.62 bits per heavy atom. The summed E-state index contributed by atoms with van der Waals surface area (Å²) in [6.45, 7) is 11.4. The Labute approximate surface area is 79.9 Å². The van der Waals surface area contributed by atoms with Gasteiger partial charge in [0.05, 0.1) is 0 Å². The Hall–Kier alpha value is -1.44. The van der Waals surface area contributed by atoms with Gasteiger partial charge >= 0.3 is 0 Å². The van der Waals surface area contributed by atoms with Crippen LogP contribution in [0, 0.1) is 11.3 Å². The molecule has 0 saturated carbocycles. The molecule has 70 valence electrons. The Bertz CT molecular complexity index is 249. The number of nitrogens with zero attached hydrogens (tertiary/aromatic N) is 1. The van der Waals surface area contributed by atoms with Crippen LogP contribution in [0.15, 0.2) is 42.0 Å². The third-order valence-electron chi connectivity index (χ3n) is 1.70. The van der Waals surface area contributed by atoms with Crippen LogP contribution in [0.2, 0.25) is 0 Å². The van der Waals surface area contributed by atoms with Crippen LogP contribution < -0.4 is 0 Å². The summed E-state index contributed by atoms with van der Waals surface area (Å²) in [5.74, 6) is 0.796. The van der Waals surface area contributed by atoms with Gasteiger partial charge < -0.3 is 0 Å². The van der Waals surface area contributed by atoms with Crippen molar-refractivity contribution in [2.45, 2.75) is 13.3 Å². The highest BCUT2D eigenvalue weighted by Gasteiger charge is 2.06. The van der Waals surface area contributed by atoms with E-state index in [1.54, 1.807) is 0 Å². The van der Waals surface area contributed by atoms with Crippen LogP contribution in [-0.4, -0.2) is 12.6 Å². The van der Waals surface area contributed by atoms with Crippen LogP contribution >= 0.6 is 0 Å². The zero-order valence-corrected chi connectivity index (χ0v) is 8.09. The SMILES string of the molecule is C=C.C=NC(=N)C1=CC(C)CC=C1. The quantitative estimate of drug-likeness (QED) is 0.362. The molecule has 0 amide bonds. The molecule has 0 aliphatic heterocycles. The first-order valence-electron chi connectivity index (χ1n) is 4.18. The molecule has 1 aliphatic carbocycles. The maximum Gasteiger partial charge on any atom is 0.150 e. The monoisotopic (exact) mass is 176 g/mol. The maximum absolute atomic E-state index is 7.37. The van der Waals surface area contributed by atoms with Crippen LogP contribution in [0.25, 0.3) is 0 Å². The van der Waals surface area contributed by atoms with E-state index < -0.39 is 0 Å². The fraction of sp³-hybridized carbons (Fsp3) is 0.273. The Morgan fingerprint density at radius 3 is 2.69 bits per heavy atom.